The van der Waals surface area contributed by atoms with Crippen molar-refractivity contribution < 1.29 is 22.7 Å². The summed E-state index contributed by atoms with van der Waals surface area (Å²) in [5, 5.41) is 7.50. The number of ether oxygens (including phenoxy) is 1. The van der Waals surface area contributed by atoms with Crippen LogP contribution in [0.2, 0.25) is 0 Å². The van der Waals surface area contributed by atoms with Gasteiger partial charge in [-0.1, -0.05) is 0 Å². The molecule has 0 radical (unpaired) electrons. The molecule has 2 atom stereocenters. The zero-order valence-electron chi connectivity index (χ0n) is 16.7. The number of rotatable bonds is 7. The van der Waals surface area contributed by atoms with Crippen LogP contribution in [-0.4, -0.2) is 55.8 Å². The first-order valence-corrected chi connectivity index (χ1v) is 11.8. The number of piperidine rings is 1. The van der Waals surface area contributed by atoms with Gasteiger partial charge in [0.15, 0.2) is 5.13 Å². The van der Waals surface area contributed by atoms with E-state index in [1.807, 2.05) is 0 Å². The first-order chi connectivity index (χ1) is 14.3. The number of anilines is 1. The fourth-order valence-electron chi connectivity index (χ4n) is 3.17. The van der Waals surface area contributed by atoms with Gasteiger partial charge in [-0.15, -0.1) is 11.3 Å². The monoisotopic (exact) mass is 452 g/mol. The molecule has 2 aromatic rings. The van der Waals surface area contributed by atoms with Gasteiger partial charge in [0, 0.05) is 24.7 Å². The van der Waals surface area contributed by atoms with E-state index in [1.165, 1.54) is 34.9 Å². The fraction of sp³-hybridized carbons (Fsp3) is 0.421. The van der Waals surface area contributed by atoms with Crippen molar-refractivity contribution in [2.45, 2.75) is 30.7 Å². The number of amides is 2. The number of hydrogen-bond acceptors (Lipinski definition) is 7. The van der Waals surface area contributed by atoms with Gasteiger partial charge in [-0.2, -0.15) is 4.31 Å². The van der Waals surface area contributed by atoms with E-state index in [2.05, 4.69) is 15.6 Å². The lowest BCUT2D eigenvalue weighted by Crippen LogP contribution is -2.49. The van der Waals surface area contributed by atoms with Crippen LogP contribution in [0.4, 0.5) is 5.13 Å². The van der Waals surface area contributed by atoms with Gasteiger partial charge in [0.25, 0.3) is 0 Å². The van der Waals surface area contributed by atoms with Gasteiger partial charge < -0.3 is 15.4 Å². The minimum atomic E-state index is -3.72. The number of benzene rings is 1. The van der Waals surface area contributed by atoms with Crippen molar-refractivity contribution in [1.82, 2.24) is 14.6 Å². The Morgan fingerprint density at radius 1 is 1.30 bits per heavy atom. The Morgan fingerprint density at radius 3 is 2.67 bits per heavy atom. The van der Waals surface area contributed by atoms with Crippen molar-refractivity contribution in [3.05, 3.63) is 35.8 Å². The molecule has 1 aliphatic rings. The second kappa shape index (κ2) is 9.54. The quantitative estimate of drug-likeness (QED) is 0.660. The highest BCUT2D eigenvalue weighted by Crippen LogP contribution is 2.25. The molecule has 2 heterocycles. The summed E-state index contributed by atoms with van der Waals surface area (Å²) in [4.78, 5) is 29.0. The second-order valence-corrected chi connectivity index (χ2v) is 9.77. The van der Waals surface area contributed by atoms with Crippen LogP contribution in [0.1, 0.15) is 19.8 Å². The molecular weight excluding hydrogens is 428 g/mol. The van der Waals surface area contributed by atoms with Crippen LogP contribution in [0.15, 0.2) is 40.7 Å². The number of methoxy groups -OCH3 is 1. The molecule has 0 saturated carbocycles. The van der Waals surface area contributed by atoms with E-state index in [0.29, 0.717) is 30.3 Å². The molecule has 3 rings (SSSR count). The highest BCUT2D eigenvalue weighted by Gasteiger charge is 2.34. The molecule has 9 nitrogen and oxygen atoms in total. The summed E-state index contributed by atoms with van der Waals surface area (Å²) in [7, 11) is -2.21. The molecule has 1 aromatic carbocycles. The Balaban J connectivity index is 1.61. The molecule has 2 unspecified atom stereocenters. The van der Waals surface area contributed by atoms with Crippen LogP contribution in [-0.2, 0) is 19.6 Å². The molecule has 0 bridgehead atoms. The maximum Gasteiger partial charge on any atom is 0.248 e. The highest BCUT2D eigenvalue weighted by molar-refractivity contribution is 7.89. The molecule has 11 heteroatoms. The Labute approximate surface area is 179 Å². The van der Waals surface area contributed by atoms with Gasteiger partial charge in [-0.3, -0.25) is 9.59 Å². The molecule has 162 valence electrons. The van der Waals surface area contributed by atoms with Gasteiger partial charge >= 0.3 is 0 Å². The SMILES string of the molecule is COc1ccc(S(=O)(=O)N2CCCC(C(=O)NC(C)C(=O)Nc3nccs3)C2)cc1. The second-order valence-electron chi connectivity index (χ2n) is 6.93. The van der Waals surface area contributed by atoms with Gasteiger partial charge in [0.2, 0.25) is 21.8 Å². The first-order valence-electron chi connectivity index (χ1n) is 9.46. The normalized spacial score (nSPS) is 18.4. The van der Waals surface area contributed by atoms with Crippen molar-refractivity contribution in [3.63, 3.8) is 0 Å². The van der Waals surface area contributed by atoms with E-state index in [-0.39, 0.29) is 23.3 Å². The summed E-state index contributed by atoms with van der Waals surface area (Å²) < 4.78 is 32.3. The van der Waals surface area contributed by atoms with Crippen molar-refractivity contribution in [1.29, 1.82) is 0 Å². The van der Waals surface area contributed by atoms with E-state index < -0.39 is 22.0 Å². The number of thiazole rings is 1. The highest BCUT2D eigenvalue weighted by atomic mass is 32.2. The number of sulfonamides is 1. The predicted molar refractivity (Wildman–Crippen MR) is 113 cm³/mol. The van der Waals surface area contributed by atoms with E-state index in [0.717, 1.165) is 0 Å². The maximum atomic E-state index is 12.9. The third kappa shape index (κ3) is 5.15. The third-order valence-corrected chi connectivity index (χ3v) is 7.43. The first kappa shape index (κ1) is 22.2. The molecule has 1 saturated heterocycles. The van der Waals surface area contributed by atoms with Crippen LogP contribution in [0.3, 0.4) is 0 Å². The van der Waals surface area contributed by atoms with Crippen LogP contribution in [0, 0.1) is 5.92 Å². The number of aromatic nitrogens is 1. The predicted octanol–water partition coefficient (Wildman–Crippen LogP) is 1.70. The average molecular weight is 453 g/mol. The van der Waals surface area contributed by atoms with Crippen molar-refractivity contribution in [2.75, 3.05) is 25.5 Å². The molecule has 1 fully saturated rings. The van der Waals surface area contributed by atoms with Crippen molar-refractivity contribution in [3.8, 4) is 5.75 Å². The summed E-state index contributed by atoms with van der Waals surface area (Å²) in [6.45, 7) is 1.99. The maximum absolute atomic E-state index is 12.9. The smallest absolute Gasteiger partial charge is 0.248 e. The summed E-state index contributed by atoms with van der Waals surface area (Å²) >= 11 is 1.28. The van der Waals surface area contributed by atoms with Crippen LogP contribution >= 0.6 is 11.3 Å². The summed E-state index contributed by atoms with van der Waals surface area (Å²) in [6, 6.07) is 5.38. The van der Waals surface area contributed by atoms with Gasteiger partial charge in [0.05, 0.1) is 17.9 Å². The lowest BCUT2D eigenvalue weighted by Gasteiger charge is -2.31. The average Bonchev–Trinajstić information content (AvgIpc) is 3.26. The zero-order valence-corrected chi connectivity index (χ0v) is 18.3. The molecule has 2 amide bonds. The Bertz CT molecular complexity index is 977. The lowest BCUT2D eigenvalue weighted by molar-refractivity contribution is -0.129. The van der Waals surface area contributed by atoms with Crippen LogP contribution in [0.5, 0.6) is 5.75 Å². The minimum absolute atomic E-state index is 0.0705. The third-order valence-electron chi connectivity index (χ3n) is 4.87. The Hall–Kier alpha value is -2.50. The Morgan fingerprint density at radius 2 is 2.03 bits per heavy atom. The number of nitrogens with one attached hydrogen (secondary N) is 2. The molecule has 0 aliphatic carbocycles. The van der Waals surface area contributed by atoms with Crippen molar-refractivity contribution >= 4 is 38.3 Å². The van der Waals surface area contributed by atoms with E-state index in [4.69, 9.17) is 4.74 Å². The fourth-order valence-corrected chi connectivity index (χ4v) is 5.22. The molecule has 2 N–H and O–H groups in total. The topological polar surface area (TPSA) is 118 Å². The van der Waals surface area contributed by atoms with Gasteiger partial charge in [-0.05, 0) is 44.0 Å². The summed E-state index contributed by atoms with van der Waals surface area (Å²) in [6.07, 6.45) is 2.69. The summed E-state index contributed by atoms with van der Waals surface area (Å²) in [5.74, 6) is -0.681. The van der Waals surface area contributed by atoms with E-state index >= 15 is 0 Å². The Kier molecular flexibility index (Phi) is 7.06. The van der Waals surface area contributed by atoms with E-state index in [9.17, 15) is 18.0 Å². The van der Waals surface area contributed by atoms with Gasteiger partial charge in [-0.25, -0.2) is 13.4 Å². The summed E-state index contributed by atoms with van der Waals surface area (Å²) in [5.41, 5.74) is 0. The van der Waals surface area contributed by atoms with Crippen molar-refractivity contribution in [2.24, 2.45) is 5.92 Å². The zero-order chi connectivity index (χ0) is 21.7. The molecular formula is C19H24N4O5S2. The molecule has 1 aromatic heterocycles. The molecule has 30 heavy (non-hydrogen) atoms. The number of carbonyl (C=O) groups excluding carboxylic acids is 2. The van der Waals surface area contributed by atoms with Crippen LogP contribution in [0.25, 0.3) is 0 Å². The lowest BCUT2D eigenvalue weighted by atomic mass is 9.98. The van der Waals surface area contributed by atoms with Gasteiger partial charge in [0.1, 0.15) is 11.8 Å². The largest absolute Gasteiger partial charge is 0.497 e. The van der Waals surface area contributed by atoms with Crippen LogP contribution < -0.4 is 15.4 Å². The minimum Gasteiger partial charge on any atom is -0.497 e. The molecule has 1 aliphatic heterocycles. The standard InChI is InChI=1S/C19H24N4O5S2/c1-13(17(24)22-19-20-9-11-29-19)21-18(25)14-4-3-10-23(12-14)30(26,27)16-7-5-15(28-2)6-8-16/h5-9,11,13-14H,3-4,10,12H2,1-2H3,(H,21,25)(H,20,22,24). The van der Waals surface area contributed by atoms with E-state index in [1.54, 1.807) is 30.6 Å². The number of carbonyl (C=O) groups is 2. The molecule has 0 spiro atoms. The number of nitrogens with zero attached hydrogens (tertiary/aromatic N) is 2. The number of hydrogen-bond donors (Lipinski definition) is 2.